The van der Waals surface area contributed by atoms with Crippen molar-refractivity contribution in [3.05, 3.63) is 23.9 Å². The van der Waals surface area contributed by atoms with Crippen LogP contribution in [-0.2, 0) is 0 Å². The van der Waals surface area contributed by atoms with E-state index in [0.717, 1.165) is 18.9 Å². The molecule has 0 radical (unpaired) electrons. The Hall–Kier alpha value is -0.890. The molecule has 0 saturated carbocycles. The van der Waals surface area contributed by atoms with Gasteiger partial charge in [0, 0.05) is 25.5 Å². The summed E-state index contributed by atoms with van der Waals surface area (Å²) in [5, 5.41) is 0. The fourth-order valence-electron chi connectivity index (χ4n) is 1.72. The second kappa shape index (κ2) is 6.57. The van der Waals surface area contributed by atoms with Gasteiger partial charge < -0.3 is 4.90 Å². The van der Waals surface area contributed by atoms with Crippen LogP contribution in [0.2, 0.25) is 0 Å². The van der Waals surface area contributed by atoms with E-state index in [1.54, 1.807) is 0 Å². The molecular formula is C13H22N2. The summed E-state index contributed by atoms with van der Waals surface area (Å²) < 4.78 is 0. The second-order valence-electron chi connectivity index (χ2n) is 4.42. The summed E-state index contributed by atoms with van der Waals surface area (Å²) in [6.45, 7) is 6.79. The first-order valence-electron chi connectivity index (χ1n) is 5.77. The van der Waals surface area contributed by atoms with Gasteiger partial charge in [-0.1, -0.05) is 31.9 Å². The molecule has 84 valence electrons. The van der Waals surface area contributed by atoms with E-state index >= 15 is 0 Å². The minimum Gasteiger partial charge on any atom is -0.302 e. The van der Waals surface area contributed by atoms with Crippen LogP contribution in [0, 0.1) is 5.92 Å². The van der Waals surface area contributed by atoms with Crippen LogP contribution in [0.25, 0.3) is 0 Å². The van der Waals surface area contributed by atoms with Crippen LogP contribution in [0.3, 0.4) is 0 Å². The predicted octanol–water partition coefficient (Wildman–Crippen LogP) is 2.88. The van der Waals surface area contributed by atoms with Gasteiger partial charge >= 0.3 is 0 Å². The fourth-order valence-corrected chi connectivity index (χ4v) is 1.72. The molecule has 0 aliphatic carbocycles. The highest BCUT2D eigenvalue weighted by Crippen LogP contribution is 2.09. The van der Waals surface area contributed by atoms with Gasteiger partial charge in [-0.05, 0) is 25.5 Å². The van der Waals surface area contributed by atoms with Gasteiger partial charge in [0.1, 0.15) is 0 Å². The van der Waals surface area contributed by atoms with Gasteiger partial charge in [0.05, 0.1) is 0 Å². The highest BCUT2D eigenvalue weighted by molar-refractivity contribution is 5.73. The van der Waals surface area contributed by atoms with Crippen LogP contribution >= 0.6 is 0 Å². The monoisotopic (exact) mass is 206 g/mol. The highest BCUT2D eigenvalue weighted by atomic mass is 15.1. The molecule has 0 N–H and O–H groups in total. The van der Waals surface area contributed by atoms with E-state index in [1.807, 2.05) is 12.4 Å². The Morgan fingerprint density at radius 1 is 1.53 bits per heavy atom. The third kappa shape index (κ3) is 4.93. The van der Waals surface area contributed by atoms with E-state index in [2.05, 4.69) is 42.9 Å². The van der Waals surface area contributed by atoms with E-state index in [0.29, 0.717) is 0 Å². The quantitative estimate of drug-likeness (QED) is 0.675. The zero-order chi connectivity index (χ0) is 11.1. The van der Waals surface area contributed by atoms with Crippen molar-refractivity contribution in [1.82, 2.24) is 4.90 Å². The SMILES string of the molecule is CCC(C)CN(C)CC1=CC=NC=CC1. The van der Waals surface area contributed by atoms with Crippen molar-refractivity contribution >= 4 is 6.21 Å². The predicted molar refractivity (Wildman–Crippen MR) is 67.3 cm³/mol. The zero-order valence-corrected chi connectivity index (χ0v) is 10.1. The van der Waals surface area contributed by atoms with Crippen molar-refractivity contribution < 1.29 is 0 Å². The minimum absolute atomic E-state index is 0.783. The molecule has 0 saturated heterocycles. The number of hydrogen-bond acceptors (Lipinski definition) is 2. The van der Waals surface area contributed by atoms with Crippen LogP contribution in [0.1, 0.15) is 26.7 Å². The minimum atomic E-state index is 0.783. The summed E-state index contributed by atoms with van der Waals surface area (Å²) in [5.74, 6) is 0.783. The van der Waals surface area contributed by atoms with Gasteiger partial charge in [-0.25, -0.2) is 0 Å². The van der Waals surface area contributed by atoms with Crippen molar-refractivity contribution in [2.24, 2.45) is 10.9 Å². The largest absolute Gasteiger partial charge is 0.302 e. The van der Waals surface area contributed by atoms with E-state index in [-0.39, 0.29) is 0 Å². The van der Waals surface area contributed by atoms with Crippen molar-refractivity contribution in [2.75, 3.05) is 20.1 Å². The zero-order valence-electron chi connectivity index (χ0n) is 10.1. The Morgan fingerprint density at radius 2 is 2.33 bits per heavy atom. The third-order valence-corrected chi connectivity index (χ3v) is 2.76. The van der Waals surface area contributed by atoms with Crippen molar-refractivity contribution in [3.8, 4) is 0 Å². The lowest BCUT2D eigenvalue weighted by molar-refractivity contribution is 0.301. The van der Waals surface area contributed by atoms with Gasteiger partial charge in [0.25, 0.3) is 0 Å². The molecule has 1 heterocycles. The number of hydrogen-bond donors (Lipinski definition) is 0. The molecule has 1 unspecified atom stereocenters. The highest BCUT2D eigenvalue weighted by Gasteiger charge is 2.06. The van der Waals surface area contributed by atoms with E-state index in [4.69, 9.17) is 0 Å². The molecule has 1 rings (SSSR count). The Labute approximate surface area is 93.4 Å². The summed E-state index contributed by atoms with van der Waals surface area (Å²) in [4.78, 5) is 6.50. The second-order valence-corrected chi connectivity index (χ2v) is 4.42. The topological polar surface area (TPSA) is 15.6 Å². The molecular weight excluding hydrogens is 184 g/mol. The molecule has 2 nitrogen and oxygen atoms in total. The van der Waals surface area contributed by atoms with Crippen LogP contribution in [0.5, 0.6) is 0 Å². The molecule has 0 aromatic rings. The average Bonchev–Trinajstić information content (AvgIpc) is 2.46. The number of allylic oxidation sites excluding steroid dienone is 2. The van der Waals surface area contributed by atoms with Gasteiger partial charge in [-0.2, -0.15) is 0 Å². The number of likely N-dealkylation sites (N-methyl/N-ethyl adjacent to an activating group) is 1. The lowest BCUT2D eigenvalue weighted by Gasteiger charge is -2.21. The van der Waals surface area contributed by atoms with Gasteiger partial charge in [-0.15, -0.1) is 0 Å². The standard InChI is InChI=1S/C13H22N2/c1-4-12(2)10-15(3)11-13-6-5-8-14-9-7-13/h5,7-9,12H,4,6,10-11H2,1-3H3. The molecule has 2 heteroatoms. The molecule has 0 amide bonds. The Bertz CT molecular complexity index is 264. The Balaban J connectivity index is 2.37. The average molecular weight is 206 g/mol. The van der Waals surface area contributed by atoms with Crippen molar-refractivity contribution in [1.29, 1.82) is 0 Å². The van der Waals surface area contributed by atoms with E-state index < -0.39 is 0 Å². The summed E-state index contributed by atoms with van der Waals surface area (Å²) in [7, 11) is 2.19. The molecule has 1 aliphatic rings. The number of rotatable bonds is 5. The fraction of sp³-hybridized carbons (Fsp3) is 0.615. The van der Waals surface area contributed by atoms with Crippen molar-refractivity contribution in [3.63, 3.8) is 0 Å². The van der Waals surface area contributed by atoms with Gasteiger partial charge in [0.15, 0.2) is 0 Å². The molecule has 1 atom stereocenters. The molecule has 0 bridgehead atoms. The van der Waals surface area contributed by atoms with Crippen LogP contribution in [0.15, 0.2) is 28.9 Å². The first-order chi connectivity index (χ1) is 7.22. The lowest BCUT2D eigenvalue weighted by Crippen LogP contribution is -2.26. The van der Waals surface area contributed by atoms with Crippen molar-refractivity contribution in [2.45, 2.75) is 26.7 Å². The number of aliphatic imine (C=N–C) groups is 1. The van der Waals surface area contributed by atoms with E-state index in [1.165, 1.54) is 18.5 Å². The molecule has 0 aromatic heterocycles. The summed E-state index contributed by atoms with van der Waals surface area (Å²) in [5.41, 5.74) is 1.44. The Morgan fingerprint density at radius 3 is 3.07 bits per heavy atom. The maximum atomic E-state index is 4.11. The molecule has 0 spiro atoms. The summed E-state index contributed by atoms with van der Waals surface area (Å²) in [6, 6.07) is 0. The first kappa shape index (κ1) is 12.2. The third-order valence-electron chi connectivity index (χ3n) is 2.76. The number of nitrogens with zero attached hydrogens (tertiary/aromatic N) is 2. The molecule has 1 aliphatic heterocycles. The molecule has 15 heavy (non-hydrogen) atoms. The van der Waals surface area contributed by atoms with Crippen LogP contribution in [-0.4, -0.2) is 31.3 Å². The van der Waals surface area contributed by atoms with Crippen LogP contribution in [0.4, 0.5) is 0 Å². The Kier molecular flexibility index (Phi) is 5.33. The molecule has 0 aromatic carbocycles. The normalized spacial score (nSPS) is 17.7. The first-order valence-corrected chi connectivity index (χ1v) is 5.77. The smallest absolute Gasteiger partial charge is 0.0267 e. The van der Waals surface area contributed by atoms with Crippen LogP contribution < -0.4 is 0 Å². The van der Waals surface area contributed by atoms with E-state index in [9.17, 15) is 0 Å². The lowest BCUT2D eigenvalue weighted by atomic mass is 10.1. The molecule has 0 fully saturated rings. The van der Waals surface area contributed by atoms with Gasteiger partial charge in [0.2, 0.25) is 0 Å². The maximum Gasteiger partial charge on any atom is 0.0267 e. The summed E-state index contributed by atoms with van der Waals surface area (Å²) in [6.07, 6.45) is 10.3. The summed E-state index contributed by atoms with van der Waals surface area (Å²) >= 11 is 0. The van der Waals surface area contributed by atoms with Gasteiger partial charge in [-0.3, -0.25) is 4.99 Å². The maximum absolute atomic E-state index is 4.11.